The molecule has 0 radical (unpaired) electrons. The molecule has 0 atom stereocenters. The Labute approximate surface area is 155 Å². The molecule has 0 saturated carbocycles. The molecule has 0 fully saturated rings. The van der Waals surface area contributed by atoms with Crippen LogP contribution in [0.4, 0.5) is 4.39 Å². The third-order valence-electron chi connectivity index (χ3n) is 3.84. The van der Waals surface area contributed by atoms with Gasteiger partial charge < -0.3 is 10.1 Å². The summed E-state index contributed by atoms with van der Waals surface area (Å²) in [6.45, 7) is 0. The number of carbonyl (C=O) groups is 1. The van der Waals surface area contributed by atoms with E-state index in [1.807, 2.05) is 0 Å². The van der Waals surface area contributed by atoms with Gasteiger partial charge in [0, 0.05) is 13.1 Å². The maximum atomic E-state index is 14.3. The van der Waals surface area contributed by atoms with Crippen LogP contribution in [0.5, 0.6) is 5.75 Å². The first-order valence-corrected chi connectivity index (χ1v) is 9.33. The Morgan fingerprint density at radius 3 is 2.56 bits per heavy atom. The Morgan fingerprint density at radius 1 is 1.15 bits per heavy atom. The molecule has 0 saturated heterocycles. The number of para-hydroxylation sites is 1. The van der Waals surface area contributed by atoms with E-state index in [1.54, 1.807) is 12.1 Å². The molecule has 0 spiro atoms. The van der Waals surface area contributed by atoms with Crippen molar-refractivity contribution in [2.45, 2.75) is 9.92 Å². The highest BCUT2D eigenvalue weighted by molar-refractivity contribution is 7.91. The van der Waals surface area contributed by atoms with Crippen LogP contribution in [0.2, 0.25) is 0 Å². The highest BCUT2D eigenvalue weighted by atomic mass is 32.2. The minimum absolute atomic E-state index is 0.0669. The van der Waals surface area contributed by atoms with Gasteiger partial charge in [-0.2, -0.15) is 5.10 Å². The third kappa shape index (κ3) is 3.41. The molecule has 1 aromatic heterocycles. The number of methoxy groups -OCH3 is 1. The van der Waals surface area contributed by atoms with Crippen molar-refractivity contribution in [1.29, 1.82) is 0 Å². The minimum Gasteiger partial charge on any atom is -0.497 e. The molecule has 0 bridgehead atoms. The van der Waals surface area contributed by atoms with Gasteiger partial charge in [-0.05, 0) is 30.3 Å². The number of aromatic nitrogens is 2. The number of amides is 1. The maximum absolute atomic E-state index is 14.3. The average molecular weight is 389 g/mol. The SMILES string of the molecule is CNC(=O)c1cc(S(=O)(=O)c2cccc(OC)c2)n(-c2ccccc2F)n1. The lowest BCUT2D eigenvalue weighted by atomic mass is 10.3. The van der Waals surface area contributed by atoms with Crippen LogP contribution in [-0.4, -0.2) is 38.3 Å². The molecule has 0 unspecified atom stereocenters. The van der Waals surface area contributed by atoms with Crippen molar-refractivity contribution in [2.24, 2.45) is 0 Å². The van der Waals surface area contributed by atoms with Crippen LogP contribution in [0.3, 0.4) is 0 Å². The summed E-state index contributed by atoms with van der Waals surface area (Å²) in [7, 11) is -1.31. The zero-order valence-corrected chi connectivity index (χ0v) is 15.3. The molecule has 3 aromatic rings. The van der Waals surface area contributed by atoms with Gasteiger partial charge in [0.25, 0.3) is 5.91 Å². The van der Waals surface area contributed by atoms with Crippen LogP contribution in [0.1, 0.15) is 10.5 Å². The Hall–Kier alpha value is -3.20. The summed E-state index contributed by atoms with van der Waals surface area (Å²) in [4.78, 5) is 11.9. The Morgan fingerprint density at radius 2 is 1.89 bits per heavy atom. The number of halogens is 1. The van der Waals surface area contributed by atoms with Crippen molar-refractivity contribution in [2.75, 3.05) is 14.2 Å². The topological polar surface area (TPSA) is 90.3 Å². The molecule has 0 aliphatic heterocycles. The lowest BCUT2D eigenvalue weighted by Gasteiger charge is -2.10. The smallest absolute Gasteiger partial charge is 0.271 e. The molecular weight excluding hydrogens is 373 g/mol. The summed E-state index contributed by atoms with van der Waals surface area (Å²) >= 11 is 0. The Balaban J connectivity index is 2.26. The van der Waals surface area contributed by atoms with Crippen molar-refractivity contribution in [1.82, 2.24) is 15.1 Å². The van der Waals surface area contributed by atoms with Gasteiger partial charge in [0.1, 0.15) is 17.3 Å². The first kappa shape index (κ1) is 18.6. The van der Waals surface area contributed by atoms with Crippen molar-refractivity contribution >= 4 is 15.7 Å². The van der Waals surface area contributed by atoms with Crippen LogP contribution in [0.15, 0.2) is 64.5 Å². The summed E-state index contributed by atoms with van der Waals surface area (Å²) < 4.78 is 46.6. The summed E-state index contributed by atoms with van der Waals surface area (Å²) in [6.07, 6.45) is 0. The molecular formula is C18H16FN3O4S. The van der Waals surface area contributed by atoms with E-state index >= 15 is 0 Å². The van der Waals surface area contributed by atoms with Crippen LogP contribution in [0, 0.1) is 5.82 Å². The van der Waals surface area contributed by atoms with Crippen LogP contribution < -0.4 is 10.1 Å². The van der Waals surface area contributed by atoms with Crippen molar-refractivity contribution in [3.63, 3.8) is 0 Å². The second-order valence-electron chi connectivity index (χ2n) is 5.49. The number of hydrogen-bond acceptors (Lipinski definition) is 5. The van der Waals surface area contributed by atoms with E-state index < -0.39 is 21.6 Å². The molecule has 7 nitrogen and oxygen atoms in total. The fraction of sp³-hybridized carbons (Fsp3) is 0.111. The molecule has 2 aromatic carbocycles. The molecule has 3 rings (SSSR count). The monoisotopic (exact) mass is 389 g/mol. The second-order valence-corrected chi connectivity index (χ2v) is 7.39. The average Bonchev–Trinajstić information content (AvgIpc) is 3.13. The molecule has 1 heterocycles. The molecule has 140 valence electrons. The van der Waals surface area contributed by atoms with Crippen LogP contribution in [-0.2, 0) is 9.84 Å². The number of benzene rings is 2. The summed E-state index contributed by atoms with van der Waals surface area (Å²) in [5, 5.41) is 6.04. The third-order valence-corrected chi connectivity index (χ3v) is 5.56. The van der Waals surface area contributed by atoms with Gasteiger partial charge >= 0.3 is 0 Å². The quantitative estimate of drug-likeness (QED) is 0.723. The van der Waals surface area contributed by atoms with E-state index in [-0.39, 0.29) is 21.3 Å². The Bertz CT molecular complexity index is 1110. The molecule has 27 heavy (non-hydrogen) atoms. The fourth-order valence-corrected chi connectivity index (χ4v) is 3.88. The lowest BCUT2D eigenvalue weighted by Crippen LogP contribution is -2.18. The van der Waals surface area contributed by atoms with Crippen LogP contribution in [0.25, 0.3) is 5.69 Å². The zero-order valence-electron chi connectivity index (χ0n) is 14.5. The van der Waals surface area contributed by atoms with Gasteiger partial charge in [0.2, 0.25) is 9.84 Å². The molecule has 1 amide bonds. The molecule has 1 N–H and O–H groups in total. The van der Waals surface area contributed by atoms with E-state index in [9.17, 15) is 17.6 Å². The van der Waals surface area contributed by atoms with Gasteiger partial charge in [-0.1, -0.05) is 18.2 Å². The number of nitrogens with zero attached hydrogens (tertiary/aromatic N) is 2. The summed E-state index contributed by atoms with van der Waals surface area (Å²) in [6, 6.07) is 12.5. The Kier molecular flexibility index (Phi) is 4.95. The molecule has 9 heteroatoms. The van der Waals surface area contributed by atoms with E-state index in [0.717, 1.165) is 10.7 Å². The maximum Gasteiger partial charge on any atom is 0.271 e. The van der Waals surface area contributed by atoms with Gasteiger partial charge in [0.15, 0.2) is 10.7 Å². The fourth-order valence-electron chi connectivity index (χ4n) is 2.48. The number of carbonyl (C=O) groups excluding carboxylic acids is 1. The van der Waals surface area contributed by atoms with E-state index in [1.165, 1.54) is 50.6 Å². The molecule has 0 aliphatic rings. The van der Waals surface area contributed by atoms with E-state index in [4.69, 9.17) is 4.74 Å². The predicted molar refractivity (Wildman–Crippen MR) is 95.4 cm³/mol. The summed E-state index contributed by atoms with van der Waals surface area (Å²) in [5.41, 5.74) is -0.239. The van der Waals surface area contributed by atoms with Gasteiger partial charge in [-0.3, -0.25) is 4.79 Å². The van der Waals surface area contributed by atoms with Gasteiger partial charge in [0.05, 0.1) is 12.0 Å². The largest absolute Gasteiger partial charge is 0.497 e. The molecule has 0 aliphatic carbocycles. The number of ether oxygens (including phenoxy) is 1. The second kappa shape index (κ2) is 7.20. The van der Waals surface area contributed by atoms with Gasteiger partial charge in [-0.25, -0.2) is 17.5 Å². The summed E-state index contributed by atoms with van der Waals surface area (Å²) in [5.74, 6) is -0.919. The first-order valence-electron chi connectivity index (χ1n) is 7.84. The van der Waals surface area contributed by atoms with E-state index in [2.05, 4.69) is 10.4 Å². The van der Waals surface area contributed by atoms with Crippen molar-refractivity contribution in [3.05, 3.63) is 66.1 Å². The number of hydrogen-bond donors (Lipinski definition) is 1. The van der Waals surface area contributed by atoms with Gasteiger partial charge in [-0.15, -0.1) is 0 Å². The van der Waals surface area contributed by atoms with Crippen molar-refractivity contribution in [3.8, 4) is 11.4 Å². The lowest BCUT2D eigenvalue weighted by molar-refractivity contribution is 0.0957. The number of rotatable bonds is 5. The predicted octanol–water partition coefficient (Wildman–Crippen LogP) is 2.21. The zero-order chi connectivity index (χ0) is 19.6. The number of nitrogens with one attached hydrogen (secondary N) is 1. The normalized spacial score (nSPS) is 11.2. The first-order chi connectivity index (χ1) is 12.9. The van der Waals surface area contributed by atoms with Crippen molar-refractivity contribution < 1.29 is 22.3 Å². The minimum atomic E-state index is -4.11. The standard InChI is InChI=1S/C18H16FN3O4S/c1-20-18(23)15-11-17(22(21-15)16-9-4-3-8-14(16)19)27(24,25)13-7-5-6-12(10-13)26-2/h3-11H,1-2H3,(H,20,23). The van der Waals surface area contributed by atoms with Crippen LogP contribution >= 0.6 is 0 Å². The van der Waals surface area contributed by atoms with E-state index in [0.29, 0.717) is 5.75 Å². The highest BCUT2D eigenvalue weighted by Gasteiger charge is 2.28. The highest BCUT2D eigenvalue weighted by Crippen LogP contribution is 2.27. The number of sulfone groups is 1.